The highest BCUT2D eigenvalue weighted by Crippen LogP contribution is 2.38. The minimum Gasteiger partial charge on any atom is -0.469 e. The number of carbonyl (C=O) groups is 2. The first kappa shape index (κ1) is 32.1. The second-order valence-electron chi connectivity index (χ2n) is 9.55. The number of unbranched alkanes of at least 4 members (excludes halogenated alkanes) is 2. The first-order chi connectivity index (χ1) is 17.8. The van der Waals surface area contributed by atoms with Gasteiger partial charge in [0.15, 0.2) is 29.0 Å². The van der Waals surface area contributed by atoms with Crippen molar-refractivity contribution in [2.45, 2.75) is 66.2 Å². The number of methoxy groups -OCH3 is 1. The summed E-state index contributed by atoms with van der Waals surface area (Å²) in [5.74, 6) is -8.50. The Bertz CT molecular complexity index is 1290. The standard InChI is InChI=1S/C27H29F4N3O4/c1-8-27(4,25(36)37-7)15-26(2,3)24(35)38-13-11-9-10-12-16(33-5)18-20(28)22(30)19(17(14-32)34-6)23(31)21(18)29/h8-13,15H2,1-4,7H3. The van der Waals surface area contributed by atoms with Gasteiger partial charge >= 0.3 is 11.9 Å². The first-order valence-electron chi connectivity index (χ1n) is 11.8. The van der Waals surface area contributed by atoms with Crippen molar-refractivity contribution in [1.29, 1.82) is 5.26 Å². The van der Waals surface area contributed by atoms with Crippen LogP contribution in [0, 0.1) is 58.6 Å². The van der Waals surface area contributed by atoms with Gasteiger partial charge in [-0.1, -0.05) is 19.8 Å². The lowest BCUT2D eigenvalue weighted by molar-refractivity contribution is -0.161. The fraction of sp³-hybridized carbons (Fsp3) is 0.519. The molecule has 1 aromatic rings. The fourth-order valence-corrected chi connectivity index (χ4v) is 4.03. The zero-order valence-electron chi connectivity index (χ0n) is 21.9. The van der Waals surface area contributed by atoms with E-state index in [1.807, 2.05) is 6.92 Å². The second-order valence-corrected chi connectivity index (χ2v) is 9.55. The van der Waals surface area contributed by atoms with E-state index in [0.717, 1.165) is 0 Å². The van der Waals surface area contributed by atoms with Gasteiger partial charge < -0.3 is 9.47 Å². The van der Waals surface area contributed by atoms with Crippen molar-refractivity contribution in [3.63, 3.8) is 0 Å². The molecule has 0 spiro atoms. The smallest absolute Gasteiger partial charge is 0.311 e. The summed E-state index contributed by atoms with van der Waals surface area (Å²) < 4.78 is 68.1. The average molecular weight is 536 g/mol. The minimum absolute atomic E-state index is 0.0146. The van der Waals surface area contributed by atoms with E-state index in [1.54, 1.807) is 20.8 Å². The van der Waals surface area contributed by atoms with E-state index in [4.69, 9.17) is 27.9 Å². The summed E-state index contributed by atoms with van der Waals surface area (Å²) in [6, 6.07) is 1.18. The minimum atomic E-state index is -1.92. The van der Waals surface area contributed by atoms with Gasteiger partial charge in [0.05, 0.1) is 54.2 Å². The number of hydrogen-bond donors (Lipinski definition) is 0. The molecule has 38 heavy (non-hydrogen) atoms. The lowest BCUT2D eigenvalue weighted by atomic mass is 9.72. The van der Waals surface area contributed by atoms with E-state index in [1.165, 1.54) is 13.2 Å². The van der Waals surface area contributed by atoms with Crippen LogP contribution in [-0.2, 0) is 19.1 Å². The number of benzene rings is 1. The fourth-order valence-electron chi connectivity index (χ4n) is 4.03. The molecule has 0 radical (unpaired) electrons. The predicted molar refractivity (Wildman–Crippen MR) is 129 cm³/mol. The topological polar surface area (TPSA) is 85.1 Å². The maximum Gasteiger partial charge on any atom is 0.311 e. The highest BCUT2D eigenvalue weighted by atomic mass is 19.2. The molecule has 0 aliphatic carbocycles. The molecule has 0 fully saturated rings. The molecule has 0 aliphatic rings. The molecule has 1 atom stereocenters. The van der Waals surface area contributed by atoms with Crippen molar-refractivity contribution >= 4 is 23.3 Å². The largest absolute Gasteiger partial charge is 0.469 e. The molecular formula is C27H29F4N3O4. The van der Waals surface area contributed by atoms with E-state index >= 15 is 0 Å². The summed E-state index contributed by atoms with van der Waals surface area (Å²) in [5.41, 5.74) is -3.56. The number of esters is 2. The molecule has 7 nitrogen and oxygen atoms in total. The zero-order chi connectivity index (χ0) is 29.3. The van der Waals surface area contributed by atoms with Gasteiger partial charge in [0.1, 0.15) is 0 Å². The van der Waals surface area contributed by atoms with E-state index in [0.29, 0.717) is 19.3 Å². The first-order valence-corrected chi connectivity index (χ1v) is 11.8. The second kappa shape index (κ2) is 13.6. The maximum atomic E-state index is 14.6. The van der Waals surface area contributed by atoms with Crippen LogP contribution in [0.2, 0.25) is 0 Å². The van der Waals surface area contributed by atoms with Crippen molar-refractivity contribution in [3.8, 4) is 6.07 Å². The third-order valence-corrected chi connectivity index (χ3v) is 6.28. The third kappa shape index (κ3) is 7.10. The summed E-state index contributed by atoms with van der Waals surface area (Å²) in [6.07, 6.45) is 1.34. The Morgan fingerprint density at radius 2 is 1.47 bits per heavy atom. The number of hydrogen-bond acceptors (Lipinski definition) is 5. The lowest BCUT2D eigenvalue weighted by Crippen LogP contribution is -2.38. The quantitative estimate of drug-likeness (QED) is 0.132. The normalized spacial score (nSPS) is 12.4. The molecule has 0 amide bonds. The van der Waals surface area contributed by atoms with Crippen LogP contribution in [0.15, 0.2) is 0 Å². The number of ether oxygens (including phenoxy) is 2. The van der Waals surface area contributed by atoms with Gasteiger partial charge in [0.2, 0.25) is 0 Å². The summed E-state index contributed by atoms with van der Waals surface area (Å²) in [5, 5.41) is 6.21. The Balaban J connectivity index is 2.92. The molecule has 0 saturated carbocycles. The molecule has 11 heteroatoms. The Kier molecular flexibility index (Phi) is 11.5. The van der Waals surface area contributed by atoms with Gasteiger partial charge in [-0.05, 0) is 46.5 Å². The molecule has 204 valence electrons. The Hall–Kier alpha value is -3.91. The van der Waals surface area contributed by atoms with Gasteiger partial charge in [0, 0.05) is 0 Å². The van der Waals surface area contributed by atoms with E-state index in [2.05, 4.69) is 9.69 Å². The summed E-state index contributed by atoms with van der Waals surface area (Å²) >= 11 is 0. The van der Waals surface area contributed by atoms with Crippen molar-refractivity contribution in [2.24, 2.45) is 10.8 Å². The molecule has 0 saturated heterocycles. The predicted octanol–water partition coefficient (Wildman–Crippen LogP) is 4.93. The van der Waals surface area contributed by atoms with Gasteiger partial charge in [0.25, 0.3) is 5.70 Å². The molecular weight excluding hydrogens is 506 g/mol. The Morgan fingerprint density at radius 3 is 1.92 bits per heavy atom. The third-order valence-electron chi connectivity index (χ3n) is 6.28. The highest BCUT2D eigenvalue weighted by molar-refractivity contribution is 5.80. The number of nitriles is 1. The van der Waals surface area contributed by atoms with Crippen molar-refractivity contribution in [2.75, 3.05) is 13.7 Å². The van der Waals surface area contributed by atoms with Gasteiger partial charge in [-0.2, -0.15) is 0 Å². The van der Waals surface area contributed by atoms with Crippen LogP contribution in [0.4, 0.5) is 17.6 Å². The summed E-state index contributed by atoms with van der Waals surface area (Å²) in [7, 11) is 1.28. The van der Waals surface area contributed by atoms with E-state index < -0.39 is 67.9 Å². The molecule has 0 aliphatic heterocycles. The van der Waals surface area contributed by atoms with Gasteiger partial charge in [-0.3, -0.25) is 9.59 Å². The molecule has 0 heterocycles. The van der Waals surface area contributed by atoms with E-state index in [9.17, 15) is 27.2 Å². The number of nitrogens with zero attached hydrogens (tertiary/aromatic N) is 3. The average Bonchev–Trinajstić information content (AvgIpc) is 2.89. The molecule has 0 aromatic heterocycles. The van der Waals surface area contributed by atoms with Gasteiger partial charge in [-0.25, -0.2) is 32.5 Å². The SMILES string of the molecule is [C-]#[N+]C(C#N)=c1c(F)c(F)c(=C(CCCCCOC(=O)C(C)(C)CC(C)(CC)C(=O)OC)[N+]#[C-])c(F)c1F. The van der Waals surface area contributed by atoms with Crippen LogP contribution in [0.3, 0.4) is 0 Å². The summed E-state index contributed by atoms with van der Waals surface area (Å²) in [4.78, 5) is 30.3. The number of rotatable bonds is 11. The monoisotopic (exact) mass is 535 g/mol. The van der Waals surface area contributed by atoms with Crippen LogP contribution in [-0.4, -0.2) is 25.7 Å². The zero-order valence-corrected chi connectivity index (χ0v) is 21.9. The molecule has 0 N–H and O–H groups in total. The Morgan fingerprint density at radius 1 is 0.921 bits per heavy atom. The summed E-state index contributed by atoms with van der Waals surface area (Å²) in [6.45, 7) is 20.8. The van der Waals surface area contributed by atoms with Gasteiger partial charge in [-0.15, -0.1) is 0 Å². The molecule has 1 rings (SSSR count). The number of halogens is 4. The van der Waals surface area contributed by atoms with Crippen LogP contribution < -0.4 is 10.4 Å². The lowest BCUT2D eigenvalue weighted by Gasteiger charge is -2.33. The van der Waals surface area contributed by atoms with Crippen molar-refractivity contribution in [1.82, 2.24) is 0 Å². The van der Waals surface area contributed by atoms with E-state index in [-0.39, 0.29) is 25.9 Å². The van der Waals surface area contributed by atoms with Crippen LogP contribution in [0.25, 0.3) is 21.1 Å². The van der Waals surface area contributed by atoms with Crippen molar-refractivity contribution < 1.29 is 36.6 Å². The van der Waals surface area contributed by atoms with Crippen LogP contribution in [0.1, 0.15) is 66.2 Å². The highest BCUT2D eigenvalue weighted by Gasteiger charge is 2.42. The number of carbonyl (C=O) groups excluding carboxylic acids is 2. The maximum absolute atomic E-state index is 14.6. The van der Waals surface area contributed by atoms with Crippen molar-refractivity contribution in [3.05, 3.63) is 56.5 Å². The molecule has 1 aromatic carbocycles. The van der Waals surface area contributed by atoms with Crippen LogP contribution >= 0.6 is 0 Å². The van der Waals surface area contributed by atoms with Crippen LogP contribution in [0.5, 0.6) is 0 Å². The molecule has 1 unspecified atom stereocenters. The Labute approximate surface area is 219 Å². The molecule has 0 bridgehead atoms.